The SMILES string of the molecule is CCCNC(=O)CNc1nccn2cnnc12. The summed E-state index contributed by atoms with van der Waals surface area (Å²) < 4.78 is 1.74. The second-order valence-electron chi connectivity index (χ2n) is 3.54. The average molecular weight is 234 g/mol. The Morgan fingerprint density at radius 3 is 3.24 bits per heavy atom. The lowest BCUT2D eigenvalue weighted by Crippen LogP contribution is -2.30. The fourth-order valence-electron chi connectivity index (χ4n) is 1.37. The molecule has 0 saturated carbocycles. The third kappa shape index (κ3) is 2.68. The molecule has 0 atom stereocenters. The number of fused-ring (bicyclic) bond motifs is 1. The maximum absolute atomic E-state index is 11.4. The van der Waals surface area contributed by atoms with Crippen LogP contribution >= 0.6 is 0 Å². The molecule has 0 radical (unpaired) electrons. The zero-order valence-electron chi connectivity index (χ0n) is 9.55. The fourth-order valence-corrected chi connectivity index (χ4v) is 1.37. The van der Waals surface area contributed by atoms with Gasteiger partial charge in [-0.2, -0.15) is 0 Å². The number of hydrogen-bond donors (Lipinski definition) is 2. The van der Waals surface area contributed by atoms with Crippen LogP contribution in [0.15, 0.2) is 18.7 Å². The van der Waals surface area contributed by atoms with Gasteiger partial charge in [0.2, 0.25) is 11.6 Å². The highest BCUT2D eigenvalue weighted by Gasteiger charge is 2.06. The van der Waals surface area contributed by atoms with Crippen molar-refractivity contribution in [2.24, 2.45) is 0 Å². The first-order valence-electron chi connectivity index (χ1n) is 5.46. The molecule has 1 amide bonds. The van der Waals surface area contributed by atoms with Gasteiger partial charge < -0.3 is 10.6 Å². The minimum absolute atomic E-state index is 0.0600. The summed E-state index contributed by atoms with van der Waals surface area (Å²) >= 11 is 0. The third-order valence-electron chi connectivity index (χ3n) is 2.20. The van der Waals surface area contributed by atoms with E-state index in [4.69, 9.17) is 0 Å². The van der Waals surface area contributed by atoms with E-state index >= 15 is 0 Å². The number of amides is 1. The molecular formula is C10H14N6O. The number of carbonyl (C=O) groups excluding carboxylic acids is 1. The molecule has 0 fully saturated rings. The molecule has 90 valence electrons. The molecule has 0 aliphatic carbocycles. The molecule has 7 nitrogen and oxygen atoms in total. The molecule has 17 heavy (non-hydrogen) atoms. The predicted octanol–water partition coefficient (Wildman–Crippen LogP) is 0.0624. The summed E-state index contributed by atoms with van der Waals surface area (Å²) in [5.74, 6) is 0.492. The van der Waals surface area contributed by atoms with Crippen LogP contribution in [0.25, 0.3) is 5.65 Å². The highest BCUT2D eigenvalue weighted by atomic mass is 16.1. The minimum atomic E-state index is -0.0600. The molecule has 2 rings (SSSR count). The number of anilines is 1. The Morgan fingerprint density at radius 2 is 2.41 bits per heavy atom. The van der Waals surface area contributed by atoms with E-state index in [9.17, 15) is 4.79 Å². The quantitative estimate of drug-likeness (QED) is 0.764. The van der Waals surface area contributed by atoms with Crippen LogP contribution in [0, 0.1) is 0 Å². The Bertz CT molecular complexity index is 508. The summed E-state index contributed by atoms with van der Waals surface area (Å²) in [4.78, 5) is 15.5. The van der Waals surface area contributed by atoms with Crippen LogP contribution in [0.5, 0.6) is 0 Å². The van der Waals surface area contributed by atoms with Gasteiger partial charge in [0.1, 0.15) is 6.33 Å². The average Bonchev–Trinajstić information content (AvgIpc) is 2.82. The van der Waals surface area contributed by atoms with Crippen molar-refractivity contribution >= 4 is 17.4 Å². The van der Waals surface area contributed by atoms with Crippen molar-refractivity contribution in [1.29, 1.82) is 0 Å². The summed E-state index contributed by atoms with van der Waals surface area (Å²) in [6.07, 6.45) is 5.88. The normalized spacial score (nSPS) is 10.4. The molecule has 0 spiro atoms. The molecule has 2 aromatic heterocycles. The second-order valence-corrected chi connectivity index (χ2v) is 3.54. The van der Waals surface area contributed by atoms with E-state index in [1.807, 2.05) is 6.92 Å². The molecule has 0 aliphatic rings. The van der Waals surface area contributed by atoms with Crippen LogP contribution in [0.1, 0.15) is 13.3 Å². The van der Waals surface area contributed by atoms with Crippen LogP contribution in [0.4, 0.5) is 5.82 Å². The van der Waals surface area contributed by atoms with Crippen molar-refractivity contribution < 1.29 is 4.79 Å². The molecule has 7 heteroatoms. The Labute approximate surface area is 98.3 Å². The molecule has 0 aliphatic heterocycles. The Morgan fingerprint density at radius 1 is 1.53 bits per heavy atom. The first kappa shape index (κ1) is 11.3. The predicted molar refractivity (Wildman–Crippen MR) is 62.6 cm³/mol. The van der Waals surface area contributed by atoms with Crippen molar-refractivity contribution in [3.8, 4) is 0 Å². The monoisotopic (exact) mass is 234 g/mol. The number of rotatable bonds is 5. The van der Waals surface area contributed by atoms with Crippen molar-refractivity contribution in [2.45, 2.75) is 13.3 Å². The van der Waals surface area contributed by atoms with Crippen LogP contribution in [0.3, 0.4) is 0 Å². The maximum atomic E-state index is 11.4. The number of nitrogens with one attached hydrogen (secondary N) is 2. The summed E-state index contributed by atoms with van der Waals surface area (Å²) in [6, 6.07) is 0. The first-order chi connectivity index (χ1) is 8.31. The van der Waals surface area contributed by atoms with Gasteiger partial charge in [-0.3, -0.25) is 9.20 Å². The second kappa shape index (κ2) is 5.24. The summed E-state index contributed by atoms with van der Waals surface area (Å²) in [5, 5.41) is 13.4. The molecule has 0 unspecified atom stereocenters. The molecule has 2 aromatic rings. The van der Waals surface area contributed by atoms with E-state index < -0.39 is 0 Å². The summed E-state index contributed by atoms with van der Waals surface area (Å²) in [5.41, 5.74) is 0.607. The van der Waals surface area contributed by atoms with Crippen molar-refractivity contribution in [2.75, 3.05) is 18.4 Å². The van der Waals surface area contributed by atoms with Gasteiger partial charge in [0.25, 0.3) is 0 Å². The van der Waals surface area contributed by atoms with Gasteiger partial charge in [-0.1, -0.05) is 6.92 Å². The number of nitrogens with zero attached hydrogens (tertiary/aromatic N) is 4. The smallest absolute Gasteiger partial charge is 0.239 e. The molecule has 2 N–H and O–H groups in total. The topological polar surface area (TPSA) is 84.2 Å². The fraction of sp³-hybridized carbons (Fsp3) is 0.400. The van der Waals surface area contributed by atoms with Crippen molar-refractivity contribution in [1.82, 2.24) is 24.9 Å². The highest BCUT2D eigenvalue weighted by molar-refractivity contribution is 5.81. The summed E-state index contributed by atoms with van der Waals surface area (Å²) in [6.45, 7) is 2.87. The van der Waals surface area contributed by atoms with Crippen LogP contribution in [-0.2, 0) is 4.79 Å². The zero-order valence-corrected chi connectivity index (χ0v) is 9.55. The van der Waals surface area contributed by atoms with E-state index in [0.29, 0.717) is 18.0 Å². The van der Waals surface area contributed by atoms with Crippen LogP contribution < -0.4 is 10.6 Å². The maximum Gasteiger partial charge on any atom is 0.239 e. The van der Waals surface area contributed by atoms with Crippen LogP contribution in [-0.4, -0.2) is 38.6 Å². The van der Waals surface area contributed by atoms with E-state index in [-0.39, 0.29) is 12.5 Å². The van der Waals surface area contributed by atoms with E-state index in [1.54, 1.807) is 23.1 Å². The molecule has 0 aromatic carbocycles. The van der Waals surface area contributed by atoms with Crippen molar-refractivity contribution in [3.63, 3.8) is 0 Å². The third-order valence-corrected chi connectivity index (χ3v) is 2.20. The Kier molecular flexibility index (Phi) is 3.49. The molecular weight excluding hydrogens is 220 g/mol. The van der Waals surface area contributed by atoms with Gasteiger partial charge in [-0.25, -0.2) is 4.98 Å². The standard InChI is InChI=1S/C10H14N6O/c1-2-3-11-8(17)6-13-9-10-15-14-7-16(10)5-4-12-9/h4-5,7H,2-3,6H2,1H3,(H,11,17)(H,12,13). The zero-order chi connectivity index (χ0) is 12.1. The lowest BCUT2D eigenvalue weighted by Gasteiger charge is -2.06. The molecule has 0 bridgehead atoms. The van der Waals surface area contributed by atoms with Crippen molar-refractivity contribution in [3.05, 3.63) is 18.7 Å². The van der Waals surface area contributed by atoms with Gasteiger partial charge in [0, 0.05) is 18.9 Å². The lowest BCUT2D eigenvalue weighted by molar-refractivity contribution is -0.119. The van der Waals surface area contributed by atoms with E-state index in [1.165, 1.54) is 0 Å². The van der Waals surface area contributed by atoms with Gasteiger partial charge in [-0.05, 0) is 6.42 Å². The van der Waals surface area contributed by atoms with Crippen LogP contribution in [0.2, 0.25) is 0 Å². The number of carbonyl (C=O) groups is 1. The van der Waals surface area contributed by atoms with Gasteiger partial charge in [0.05, 0.1) is 6.54 Å². The largest absolute Gasteiger partial charge is 0.358 e. The van der Waals surface area contributed by atoms with Gasteiger partial charge in [-0.15, -0.1) is 10.2 Å². The van der Waals surface area contributed by atoms with E-state index in [0.717, 1.165) is 6.42 Å². The lowest BCUT2D eigenvalue weighted by atomic mass is 10.4. The highest BCUT2D eigenvalue weighted by Crippen LogP contribution is 2.08. The Hall–Kier alpha value is -2.18. The number of hydrogen-bond acceptors (Lipinski definition) is 5. The Balaban J connectivity index is 1.99. The van der Waals surface area contributed by atoms with E-state index in [2.05, 4.69) is 25.8 Å². The molecule has 0 saturated heterocycles. The van der Waals surface area contributed by atoms with Gasteiger partial charge >= 0.3 is 0 Å². The number of aromatic nitrogens is 4. The summed E-state index contributed by atoms with van der Waals surface area (Å²) in [7, 11) is 0. The first-order valence-corrected chi connectivity index (χ1v) is 5.46. The molecule has 2 heterocycles. The van der Waals surface area contributed by atoms with Gasteiger partial charge in [0.15, 0.2) is 5.82 Å². The minimum Gasteiger partial charge on any atom is -0.358 e.